The standard InChI is InChI=1S/4C32H64O2.Sn/c4*1-5-9-12-15-18-21-26-32(27-22-19-16-13-10-6-2,28-23-20-17-14-11-7-3)29-24-25-30(8-4)31(33)34;/h4*30H,5-29H2,1-4H3,(H,33,34);/q;;;;+4/p-4. The van der Waals surface area contributed by atoms with Gasteiger partial charge in [-0.15, -0.1) is 0 Å². The van der Waals surface area contributed by atoms with Crippen LogP contribution in [0, 0.1) is 45.3 Å². The summed E-state index contributed by atoms with van der Waals surface area (Å²) >= 11 is -6.67. The molecule has 0 N–H and O–H groups in total. The molecule has 0 spiro atoms. The quantitative estimate of drug-likeness (QED) is 0.0438. The maximum absolute atomic E-state index is 16.4. The van der Waals surface area contributed by atoms with Crippen LogP contribution < -0.4 is 0 Å². The van der Waals surface area contributed by atoms with Gasteiger partial charge in [0, 0.05) is 0 Å². The van der Waals surface area contributed by atoms with Gasteiger partial charge in [-0.2, -0.15) is 0 Å². The van der Waals surface area contributed by atoms with Gasteiger partial charge in [0.25, 0.3) is 0 Å². The van der Waals surface area contributed by atoms with Gasteiger partial charge in [-0.25, -0.2) is 0 Å². The van der Waals surface area contributed by atoms with Gasteiger partial charge in [0.15, 0.2) is 0 Å². The van der Waals surface area contributed by atoms with E-state index in [0.717, 1.165) is 51.4 Å². The van der Waals surface area contributed by atoms with Gasteiger partial charge in [0.1, 0.15) is 0 Å². The van der Waals surface area contributed by atoms with Crippen LogP contribution in [-0.4, -0.2) is 43.9 Å². The molecule has 816 valence electrons. The summed E-state index contributed by atoms with van der Waals surface area (Å²) in [5.74, 6) is -4.25. The Morgan fingerprint density at radius 3 is 0.343 bits per heavy atom. The molecule has 0 aliphatic rings. The molecule has 4 unspecified atom stereocenters. The van der Waals surface area contributed by atoms with Gasteiger partial charge in [0.2, 0.25) is 0 Å². The van der Waals surface area contributed by atoms with Crippen LogP contribution in [0.15, 0.2) is 0 Å². The Hall–Kier alpha value is -1.32. The molecule has 0 heterocycles. The molecule has 0 radical (unpaired) electrons. The first-order chi connectivity index (χ1) is 66.9. The van der Waals surface area contributed by atoms with Crippen molar-refractivity contribution < 1.29 is 31.5 Å². The van der Waals surface area contributed by atoms with Gasteiger partial charge in [-0.3, -0.25) is 0 Å². The van der Waals surface area contributed by atoms with E-state index in [9.17, 15) is 0 Å². The molecule has 0 aromatic rings. The number of rotatable bonds is 112. The molecule has 0 amide bonds. The first kappa shape index (κ1) is 136. The van der Waals surface area contributed by atoms with E-state index in [1.807, 2.05) is 0 Å². The van der Waals surface area contributed by atoms with Crippen molar-refractivity contribution in [3.63, 3.8) is 0 Å². The van der Waals surface area contributed by atoms with Crippen molar-refractivity contribution in [3.8, 4) is 0 Å². The Morgan fingerprint density at radius 2 is 0.241 bits per heavy atom. The summed E-state index contributed by atoms with van der Waals surface area (Å²) < 4.78 is 28.9. The molecule has 0 aliphatic heterocycles. The zero-order chi connectivity index (χ0) is 101. The molecule has 9 heteroatoms. The topological polar surface area (TPSA) is 105 Å². The predicted octanol–water partition coefficient (Wildman–Crippen LogP) is 45.3. The molecular formula is C128H252O8Sn. The third-order valence-electron chi connectivity index (χ3n) is 34.0. The zero-order valence-corrected chi connectivity index (χ0v) is 99.6. The van der Waals surface area contributed by atoms with Gasteiger partial charge in [-0.05, 0) is 0 Å². The van der Waals surface area contributed by atoms with E-state index in [1.165, 1.54) is 539 Å². The molecule has 0 rings (SSSR count). The fourth-order valence-corrected chi connectivity index (χ4v) is 29.6. The van der Waals surface area contributed by atoms with Crippen molar-refractivity contribution in [2.24, 2.45) is 45.3 Å². The van der Waals surface area contributed by atoms with Crippen molar-refractivity contribution in [1.82, 2.24) is 0 Å². The Kier molecular flexibility index (Phi) is 97.1. The summed E-state index contributed by atoms with van der Waals surface area (Å²) in [6, 6.07) is 0. The second-order valence-electron chi connectivity index (χ2n) is 46.4. The van der Waals surface area contributed by atoms with E-state index >= 15 is 19.2 Å². The molecule has 0 fully saturated rings. The van der Waals surface area contributed by atoms with Crippen LogP contribution in [0.4, 0.5) is 0 Å². The Morgan fingerprint density at radius 1 is 0.146 bits per heavy atom. The minimum Gasteiger partial charge on any atom is -0.0654 e. The number of unbranched alkanes of at least 4 members (excludes halogenated alkanes) is 60. The monoisotopic (exact) mass is 2040 g/mol. The molecule has 8 nitrogen and oxygen atoms in total. The number of hydrogen-bond donors (Lipinski definition) is 0. The second kappa shape index (κ2) is 98.0. The van der Waals surface area contributed by atoms with E-state index in [1.54, 1.807) is 0 Å². The molecule has 0 bridgehead atoms. The third kappa shape index (κ3) is 74.3. The average Bonchev–Trinajstić information content (AvgIpc) is 0.800. The van der Waals surface area contributed by atoms with Crippen LogP contribution >= 0.6 is 0 Å². The van der Waals surface area contributed by atoms with Crippen molar-refractivity contribution in [2.75, 3.05) is 0 Å². The third-order valence-corrected chi connectivity index (χ3v) is 39.1. The molecule has 0 aromatic heterocycles. The first-order valence-corrected chi connectivity index (χ1v) is 68.5. The summed E-state index contributed by atoms with van der Waals surface area (Å²) in [7, 11) is 0. The number of hydrogen-bond acceptors (Lipinski definition) is 8. The molecule has 0 saturated heterocycles. The summed E-state index contributed by atoms with van der Waals surface area (Å²) in [5.41, 5.74) is 0.812. The molecule has 4 atom stereocenters. The summed E-state index contributed by atoms with van der Waals surface area (Å²) in [6.07, 6.45) is 120. The van der Waals surface area contributed by atoms with Crippen LogP contribution in [-0.2, 0) is 31.5 Å². The summed E-state index contributed by atoms with van der Waals surface area (Å²) in [4.78, 5) is 65.8. The van der Waals surface area contributed by atoms with E-state index in [0.29, 0.717) is 51.4 Å². The first-order valence-electron chi connectivity index (χ1n) is 63.8. The maximum atomic E-state index is 16.4. The SMILES string of the molecule is CCCCCCCCC(CCCCCCCC)(CCCCCCCC)CCCC(CC)C(=O)[O][Sn]([O]C(=O)C(CC)CCCC(CCCCCCCC)(CCCCCCCC)CCCCCCCC)([O]C(=O)C(CC)CCCC(CCCCCCCC)(CCCCCCCC)CCCCCCCC)[O]C(=O)C(CC)CCCC(CCCCCCCC)(CCCCCCCC)CCCCCCCC. The number of carbonyl (C=O) groups excluding carboxylic acids is 4. The van der Waals surface area contributed by atoms with E-state index < -0.39 is 67.6 Å². The normalized spacial score (nSPS) is 13.6. The Labute approximate surface area is 867 Å². The van der Waals surface area contributed by atoms with Gasteiger partial charge < -0.3 is 0 Å². The molecular weight excluding hydrogens is 1780 g/mol. The molecule has 0 aliphatic carbocycles. The number of carbonyl (C=O) groups is 4. The van der Waals surface area contributed by atoms with E-state index in [2.05, 4.69) is 111 Å². The summed E-state index contributed by atoms with van der Waals surface area (Å²) in [6.45, 7) is 36.4. The smallest absolute Gasteiger partial charge is 0.0654 e. The van der Waals surface area contributed by atoms with Crippen molar-refractivity contribution in [2.45, 2.75) is 753 Å². The van der Waals surface area contributed by atoms with Crippen molar-refractivity contribution in [3.05, 3.63) is 0 Å². The zero-order valence-electron chi connectivity index (χ0n) is 96.8. The molecule has 0 saturated carbocycles. The Bertz CT molecular complexity index is 2040. The fourth-order valence-electron chi connectivity index (χ4n) is 24.2. The van der Waals surface area contributed by atoms with Gasteiger partial charge in [-0.1, -0.05) is 237 Å². The minimum absolute atomic E-state index is 0.203. The van der Waals surface area contributed by atoms with Crippen LogP contribution in [0.1, 0.15) is 753 Å². The Balaban J connectivity index is 9.32. The van der Waals surface area contributed by atoms with E-state index in [4.69, 9.17) is 12.3 Å². The van der Waals surface area contributed by atoms with Crippen LogP contribution in [0.2, 0.25) is 0 Å². The molecule has 137 heavy (non-hydrogen) atoms. The van der Waals surface area contributed by atoms with Gasteiger partial charge >= 0.3 is 636 Å². The van der Waals surface area contributed by atoms with Crippen molar-refractivity contribution in [1.29, 1.82) is 0 Å². The van der Waals surface area contributed by atoms with Crippen LogP contribution in [0.25, 0.3) is 0 Å². The second-order valence-corrected chi connectivity index (χ2v) is 51.6. The summed E-state index contributed by atoms with van der Waals surface area (Å²) in [5, 5.41) is 0. The van der Waals surface area contributed by atoms with Crippen LogP contribution in [0.3, 0.4) is 0 Å². The predicted molar refractivity (Wildman–Crippen MR) is 606 cm³/mol. The fraction of sp³-hybridized carbons (Fsp3) is 0.969. The van der Waals surface area contributed by atoms with E-state index in [-0.39, 0.29) is 21.7 Å². The van der Waals surface area contributed by atoms with Crippen LogP contribution in [0.5, 0.6) is 0 Å². The minimum atomic E-state index is -6.67. The average molecular weight is 2040 g/mol. The van der Waals surface area contributed by atoms with Crippen molar-refractivity contribution >= 4 is 43.9 Å². The van der Waals surface area contributed by atoms with Gasteiger partial charge in [0.05, 0.1) is 0 Å². The molecule has 0 aromatic carbocycles.